The predicted molar refractivity (Wildman–Crippen MR) is 66.0 cm³/mol. The minimum Gasteiger partial charge on any atom is -0.354 e. The largest absolute Gasteiger partial charge is 0.354 e. The van der Waals surface area contributed by atoms with Crippen LogP contribution in [-0.4, -0.2) is 18.5 Å². The summed E-state index contributed by atoms with van der Waals surface area (Å²) in [5.41, 5.74) is 6.19. The zero-order valence-corrected chi connectivity index (χ0v) is 10.4. The van der Waals surface area contributed by atoms with Crippen molar-refractivity contribution in [1.29, 1.82) is 0 Å². The standard InChI is InChI=1S/C13H18F2N2O/c1-2-3-10(16)8-17-13(18)7-9-4-5-11(14)12(15)6-9/h4-6,10H,2-3,7-8,16H2,1H3,(H,17,18). The van der Waals surface area contributed by atoms with E-state index in [2.05, 4.69) is 5.32 Å². The van der Waals surface area contributed by atoms with Gasteiger partial charge in [-0.15, -0.1) is 0 Å². The van der Waals surface area contributed by atoms with Crippen LogP contribution in [0.1, 0.15) is 25.3 Å². The molecule has 0 saturated carbocycles. The number of carbonyl (C=O) groups excluding carboxylic acids is 1. The Morgan fingerprint density at radius 1 is 1.39 bits per heavy atom. The molecule has 0 radical (unpaired) electrons. The number of amides is 1. The van der Waals surface area contributed by atoms with E-state index in [1.54, 1.807) is 0 Å². The molecule has 0 saturated heterocycles. The molecular weight excluding hydrogens is 238 g/mol. The van der Waals surface area contributed by atoms with E-state index in [-0.39, 0.29) is 18.4 Å². The Morgan fingerprint density at radius 3 is 2.72 bits per heavy atom. The number of rotatable bonds is 6. The average Bonchev–Trinajstić information content (AvgIpc) is 2.32. The first kappa shape index (κ1) is 14.6. The molecule has 18 heavy (non-hydrogen) atoms. The van der Waals surface area contributed by atoms with Crippen LogP contribution in [0.3, 0.4) is 0 Å². The summed E-state index contributed by atoms with van der Waals surface area (Å²) in [6.45, 7) is 2.42. The van der Waals surface area contributed by atoms with Crippen molar-refractivity contribution in [2.24, 2.45) is 5.73 Å². The molecule has 5 heteroatoms. The minimum atomic E-state index is -0.942. The van der Waals surface area contributed by atoms with Crippen LogP contribution in [0.5, 0.6) is 0 Å². The smallest absolute Gasteiger partial charge is 0.224 e. The lowest BCUT2D eigenvalue weighted by atomic mass is 10.1. The number of nitrogens with two attached hydrogens (primary N) is 1. The van der Waals surface area contributed by atoms with Gasteiger partial charge in [0.25, 0.3) is 0 Å². The van der Waals surface area contributed by atoms with Gasteiger partial charge in [0.15, 0.2) is 11.6 Å². The molecule has 1 atom stereocenters. The molecule has 1 aromatic carbocycles. The number of hydrogen-bond donors (Lipinski definition) is 2. The van der Waals surface area contributed by atoms with Gasteiger partial charge in [-0.05, 0) is 24.1 Å². The summed E-state index contributed by atoms with van der Waals surface area (Å²) in [5, 5.41) is 2.67. The molecule has 0 spiro atoms. The fourth-order valence-corrected chi connectivity index (χ4v) is 1.62. The third kappa shape index (κ3) is 4.79. The highest BCUT2D eigenvalue weighted by molar-refractivity contribution is 5.78. The Labute approximate surface area is 105 Å². The average molecular weight is 256 g/mol. The van der Waals surface area contributed by atoms with Crippen LogP contribution in [0.15, 0.2) is 18.2 Å². The summed E-state index contributed by atoms with van der Waals surface area (Å²) in [6.07, 6.45) is 1.82. The molecule has 1 rings (SSSR count). The lowest BCUT2D eigenvalue weighted by Crippen LogP contribution is -2.37. The first-order valence-electron chi connectivity index (χ1n) is 5.99. The van der Waals surface area contributed by atoms with Gasteiger partial charge in [0.2, 0.25) is 5.91 Å². The van der Waals surface area contributed by atoms with Crippen molar-refractivity contribution in [2.45, 2.75) is 32.2 Å². The number of halogens is 2. The van der Waals surface area contributed by atoms with E-state index in [0.717, 1.165) is 25.0 Å². The summed E-state index contributed by atoms with van der Waals surface area (Å²) in [7, 11) is 0. The molecule has 0 aromatic heterocycles. The summed E-state index contributed by atoms with van der Waals surface area (Å²) in [5.74, 6) is -2.10. The van der Waals surface area contributed by atoms with Gasteiger partial charge < -0.3 is 11.1 Å². The molecule has 0 aliphatic rings. The van der Waals surface area contributed by atoms with Crippen molar-refractivity contribution < 1.29 is 13.6 Å². The number of benzene rings is 1. The van der Waals surface area contributed by atoms with Crippen LogP contribution >= 0.6 is 0 Å². The summed E-state index contributed by atoms with van der Waals surface area (Å²) in [6, 6.07) is 3.37. The molecular formula is C13H18F2N2O. The highest BCUT2D eigenvalue weighted by Gasteiger charge is 2.08. The summed E-state index contributed by atoms with van der Waals surface area (Å²) in [4.78, 5) is 11.5. The van der Waals surface area contributed by atoms with Gasteiger partial charge in [-0.1, -0.05) is 19.4 Å². The van der Waals surface area contributed by atoms with Crippen molar-refractivity contribution in [3.63, 3.8) is 0 Å². The molecule has 0 aliphatic heterocycles. The molecule has 1 unspecified atom stereocenters. The quantitative estimate of drug-likeness (QED) is 0.814. The molecule has 1 amide bonds. The van der Waals surface area contributed by atoms with Crippen LogP contribution in [0.4, 0.5) is 8.78 Å². The number of nitrogens with one attached hydrogen (secondary N) is 1. The van der Waals surface area contributed by atoms with Crippen LogP contribution in [-0.2, 0) is 11.2 Å². The Balaban J connectivity index is 2.42. The van der Waals surface area contributed by atoms with E-state index in [1.807, 2.05) is 6.92 Å². The minimum absolute atomic E-state index is 0.0239. The normalized spacial score (nSPS) is 12.2. The molecule has 3 N–H and O–H groups in total. The van der Waals surface area contributed by atoms with E-state index >= 15 is 0 Å². The third-order valence-corrected chi connectivity index (χ3v) is 2.57. The van der Waals surface area contributed by atoms with Crippen LogP contribution in [0.2, 0.25) is 0 Å². The molecule has 3 nitrogen and oxygen atoms in total. The molecule has 0 aliphatic carbocycles. The molecule has 100 valence electrons. The van der Waals surface area contributed by atoms with Gasteiger partial charge in [0.05, 0.1) is 6.42 Å². The first-order chi connectivity index (χ1) is 8.52. The Bertz CT molecular complexity index is 410. The zero-order valence-electron chi connectivity index (χ0n) is 10.4. The number of carbonyl (C=O) groups is 1. The van der Waals surface area contributed by atoms with E-state index in [9.17, 15) is 13.6 Å². The monoisotopic (exact) mass is 256 g/mol. The maximum atomic E-state index is 12.9. The van der Waals surface area contributed by atoms with Crippen molar-refractivity contribution in [3.8, 4) is 0 Å². The Hall–Kier alpha value is -1.49. The Kier molecular flexibility index (Phi) is 5.71. The van der Waals surface area contributed by atoms with Crippen molar-refractivity contribution in [1.82, 2.24) is 5.32 Å². The van der Waals surface area contributed by atoms with E-state index < -0.39 is 11.6 Å². The maximum absolute atomic E-state index is 12.9. The fourth-order valence-electron chi connectivity index (χ4n) is 1.62. The van der Waals surface area contributed by atoms with Crippen molar-refractivity contribution in [2.75, 3.05) is 6.54 Å². The molecule has 0 heterocycles. The third-order valence-electron chi connectivity index (χ3n) is 2.57. The van der Waals surface area contributed by atoms with Gasteiger partial charge in [-0.3, -0.25) is 4.79 Å². The highest BCUT2D eigenvalue weighted by Crippen LogP contribution is 2.09. The van der Waals surface area contributed by atoms with Gasteiger partial charge in [-0.2, -0.15) is 0 Å². The van der Waals surface area contributed by atoms with E-state index in [1.165, 1.54) is 6.07 Å². The lowest BCUT2D eigenvalue weighted by Gasteiger charge is -2.11. The van der Waals surface area contributed by atoms with Crippen LogP contribution in [0, 0.1) is 11.6 Å². The SMILES string of the molecule is CCCC(N)CNC(=O)Cc1ccc(F)c(F)c1. The van der Waals surface area contributed by atoms with E-state index in [0.29, 0.717) is 12.1 Å². The molecule has 0 bridgehead atoms. The topological polar surface area (TPSA) is 55.1 Å². The maximum Gasteiger partial charge on any atom is 0.224 e. The number of hydrogen-bond acceptors (Lipinski definition) is 2. The van der Waals surface area contributed by atoms with Crippen LogP contribution < -0.4 is 11.1 Å². The van der Waals surface area contributed by atoms with E-state index in [4.69, 9.17) is 5.73 Å². The second-order valence-electron chi connectivity index (χ2n) is 4.28. The van der Waals surface area contributed by atoms with Crippen molar-refractivity contribution in [3.05, 3.63) is 35.4 Å². The Morgan fingerprint density at radius 2 is 2.11 bits per heavy atom. The zero-order chi connectivity index (χ0) is 13.5. The van der Waals surface area contributed by atoms with Gasteiger partial charge in [0, 0.05) is 12.6 Å². The highest BCUT2D eigenvalue weighted by atomic mass is 19.2. The second-order valence-corrected chi connectivity index (χ2v) is 4.28. The summed E-state index contributed by atoms with van der Waals surface area (Å²) < 4.78 is 25.6. The van der Waals surface area contributed by atoms with Gasteiger partial charge in [0.1, 0.15) is 0 Å². The van der Waals surface area contributed by atoms with Gasteiger partial charge >= 0.3 is 0 Å². The lowest BCUT2D eigenvalue weighted by molar-refractivity contribution is -0.120. The van der Waals surface area contributed by atoms with Gasteiger partial charge in [-0.25, -0.2) is 8.78 Å². The van der Waals surface area contributed by atoms with Crippen LogP contribution in [0.25, 0.3) is 0 Å². The first-order valence-corrected chi connectivity index (χ1v) is 5.99. The second kappa shape index (κ2) is 7.06. The predicted octanol–water partition coefficient (Wildman–Crippen LogP) is 1.75. The summed E-state index contributed by atoms with van der Waals surface area (Å²) >= 11 is 0. The van der Waals surface area contributed by atoms with Crippen molar-refractivity contribution >= 4 is 5.91 Å². The fraction of sp³-hybridized carbons (Fsp3) is 0.462. The molecule has 0 fully saturated rings. The molecule has 1 aromatic rings.